The molecule has 118 valence electrons. The zero-order valence-corrected chi connectivity index (χ0v) is 13.2. The Morgan fingerprint density at radius 1 is 1.57 bits per heavy atom. The number of methoxy groups -OCH3 is 1. The number of nitrogens with two attached hydrogens (primary N) is 1. The minimum atomic E-state index is 0.0560. The largest absolute Gasteiger partial charge is 0.379 e. The molecule has 2 N–H and O–H groups in total. The fourth-order valence-corrected chi connectivity index (χ4v) is 2.82. The average Bonchev–Trinajstić information content (AvgIpc) is 2.86. The minimum absolute atomic E-state index is 0.0560. The lowest BCUT2D eigenvalue weighted by molar-refractivity contribution is -0.00159. The van der Waals surface area contributed by atoms with Crippen molar-refractivity contribution < 1.29 is 9.53 Å². The minimum Gasteiger partial charge on any atom is -0.379 e. The van der Waals surface area contributed by atoms with E-state index >= 15 is 0 Å². The van der Waals surface area contributed by atoms with E-state index in [0.717, 1.165) is 31.6 Å². The summed E-state index contributed by atoms with van der Waals surface area (Å²) in [5.41, 5.74) is 7.13. The van der Waals surface area contributed by atoms with Crippen molar-refractivity contribution >= 4 is 5.91 Å². The Morgan fingerprint density at radius 3 is 3.00 bits per heavy atom. The Kier molecular flexibility index (Phi) is 5.36. The molecule has 1 amide bonds. The molecule has 0 radical (unpaired) electrons. The van der Waals surface area contributed by atoms with Crippen LogP contribution in [-0.2, 0) is 11.3 Å². The molecule has 2 atom stereocenters. The van der Waals surface area contributed by atoms with Gasteiger partial charge in [0, 0.05) is 32.4 Å². The van der Waals surface area contributed by atoms with Crippen LogP contribution < -0.4 is 5.73 Å². The number of ether oxygens (including phenoxy) is 1. The molecule has 0 saturated carbocycles. The molecule has 2 heterocycles. The van der Waals surface area contributed by atoms with Crippen LogP contribution in [0.5, 0.6) is 0 Å². The van der Waals surface area contributed by atoms with Crippen molar-refractivity contribution in [2.75, 3.05) is 26.7 Å². The lowest BCUT2D eigenvalue weighted by Gasteiger charge is -2.36. The third-order valence-electron chi connectivity index (χ3n) is 4.39. The van der Waals surface area contributed by atoms with Crippen LogP contribution >= 0.6 is 0 Å². The Hall–Kier alpha value is -1.40. The van der Waals surface area contributed by atoms with Gasteiger partial charge >= 0.3 is 0 Å². The number of likely N-dealkylation sites (tertiary alicyclic amines) is 1. The summed E-state index contributed by atoms with van der Waals surface area (Å²) in [5, 5.41) is 4.31. The molecule has 1 aliphatic rings. The second kappa shape index (κ2) is 7.04. The van der Waals surface area contributed by atoms with E-state index in [1.165, 1.54) is 0 Å². The summed E-state index contributed by atoms with van der Waals surface area (Å²) < 4.78 is 7.34. The molecule has 0 bridgehead atoms. The zero-order chi connectivity index (χ0) is 15.4. The fourth-order valence-electron chi connectivity index (χ4n) is 2.82. The van der Waals surface area contributed by atoms with Crippen LogP contribution in [0.15, 0.2) is 6.20 Å². The van der Waals surface area contributed by atoms with E-state index in [1.807, 2.05) is 16.5 Å². The summed E-state index contributed by atoms with van der Waals surface area (Å²) in [4.78, 5) is 14.5. The van der Waals surface area contributed by atoms with Crippen molar-refractivity contribution in [2.24, 2.45) is 11.7 Å². The highest BCUT2D eigenvalue weighted by atomic mass is 16.5. The molecule has 0 aliphatic carbocycles. The number of piperidine rings is 1. The van der Waals surface area contributed by atoms with Gasteiger partial charge in [-0.05, 0) is 32.2 Å². The Balaban J connectivity index is 2.08. The van der Waals surface area contributed by atoms with E-state index in [4.69, 9.17) is 10.5 Å². The summed E-state index contributed by atoms with van der Waals surface area (Å²) in [5.74, 6) is 0.549. The fraction of sp³-hybridized carbons (Fsp3) is 0.733. The van der Waals surface area contributed by atoms with Gasteiger partial charge in [-0.15, -0.1) is 0 Å². The summed E-state index contributed by atoms with van der Waals surface area (Å²) >= 11 is 0. The quantitative estimate of drug-likeness (QED) is 0.880. The highest BCUT2D eigenvalue weighted by molar-refractivity contribution is 5.95. The molecular weight excluding hydrogens is 268 g/mol. The van der Waals surface area contributed by atoms with Crippen LogP contribution in [0.3, 0.4) is 0 Å². The lowest BCUT2D eigenvalue weighted by Crippen LogP contribution is -2.46. The molecule has 1 aliphatic heterocycles. The number of nitrogens with zero attached hydrogens (tertiary/aromatic N) is 3. The predicted octanol–water partition coefficient (Wildman–Crippen LogP) is 1.04. The van der Waals surface area contributed by atoms with Crippen molar-refractivity contribution in [1.29, 1.82) is 0 Å². The molecule has 2 unspecified atom stereocenters. The van der Waals surface area contributed by atoms with Gasteiger partial charge in [0.25, 0.3) is 5.91 Å². The monoisotopic (exact) mass is 294 g/mol. The SMILES string of the molecule is COC1CN(C(=O)c2cnn(CCCN)c2C)CCC1C. The van der Waals surface area contributed by atoms with Crippen molar-refractivity contribution in [1.82, 2.24) is 14.7 Å². The first-order chi connectivity index (χ1) is 10.1. The van der Waals surface area contributed by atoms with E-state index in [2.05, 4.69) is 12.0 Å². The predicted molar refractivity (Wildman–Crippen MR) is 81.1 cm³/mol. The molecule has 1 saturated heterocycles. The van der Waals surface area contributed by atoms with Crippen LogP contribution in [0.2, 0.25) is 0 Å². The maximum atomic E-state index is 12.7. The van der Waals surface area contributed by atoms with Crippen molar-refractivity contribution in [3.63, 3.8) is 0 Å². The van der Waals surface area contributed by atoms with Crippen LogP contribution in [0, 0.1) is 12.8 Å². The van der Waals surface area contributed by atoms with Gasteiger partial charge in [-0.2, -0.15) is 5.10 Å². The summed E-state index contributed by atoms with van der Waals surface area (Å²) in [7, 11) is 1.71. The number of carbonyl (C=O) groups is 1. The molecule has 2 rings (SSSR count). The third-order valence-corrected chi connectivity index (χ3v) is 4.39. The Bertz CT molecular complexity index is 486. The maximum Gasteiger partial charge on any atom is 0.257 e. The van der Waals surface area contributed by atoms with Crippen LogP contribution in [0.25, 0.3) is 0 Å². The molecule has 1 fully saturated rings. The van der Waals surface area contributed by atoms with Gasteiger partial charge in [-0.25, -0.2) is 0 Å². The molecule has 6 nitrogen and oxygen atoms in total. The van der Waals surface area contributed by atoms with Gasteiger partial charge < -0.3 is 15.4 Å². The zero-order valence-electron chi connectivity index (χ0n) is 13.2. The first-order valence-corrected chi connectivity index (χ1v) is 7.63. The number of aromatic nitrogens is 2. The van der Waals surface area contributed by atoms with Gasteiger partial charge in [0.05, 0.1) is 17.9 Å². The number of rotatable bonds is 5. The molecule has 21 heavy (non-hydrogen) atoms. The van der Waals surface area contributed by atoms with Gasteiger partial charge in [0.1, 0.15) is 0 Å². The number of carbonyl (C=O) groups excluding carboxylic acids is 1. The summed E-state index contributed by atoms with van der Waals surface area (Å²) in [6.45, 7) is 6.94. The third kappa shape index (κ3) is 3.44. The molecule has 1 aromatic rings. The second-order valence-electron chi connectivity index (χ2n) is 5.80. The molecule has 0 aromatic carbocycles. The summed E-state index contributed by atoms with van der Waals surface area (Å²) in [6.07, 6.45) is 3.64. The van der Waals surface area contributed by atoms with E-state index in [-0.39, 0.29) is 12.0 Å². The van der Waals surface area contributed by atoms with Crippen molar-refractivity contribution in [2.45, 2.75) is 39.3 Å². The van der Waals surface area contributed by atoms with Gasteiger partial charge in [0.2, 0.25) is 0 Å². The smallest absolute Gasteiger partial charge is 0.257 e. The number of amides is 1. The topological polar surface area (TPSA) is 73.4 Å². The van der Waals surface area contributed by atoms with E-state index < -0.39 is 0 Å². The second-order valence-corrected chi connectivity index (χ2v) is 5.80. The Labute approximate surface area is 126 Å². The normalized spacial score (nSPS) is 22.6. The van der Waals surface area contributed by atoms with Crippen molar-refractivity contribution in [3.05, 3.63) is 17.5 Å². The Morgan fingerprint density at radius 2 is 2.33 bits per heavy atom. The highest BCUT2D eigenvalue weighted by Crippen LogP contribution is 2.22. The standard InChI is InChI=1S/C15H26N4O2/c1-11-5-8-18(10-14(11)21-3)15(20)13-9-17-19(12(13)2)7-4-6-16/h9,11,14H,4-8,10,16H2,1-3H3. The highest BCUT2D eigenvalue weighted by Gasteiger charge is 2.30. The first kappa shape index (κ1) is 16.0. The number of hydrogen-bond acceptors (Lipinski definition) is 4. The number of aryl methyl sites for hydroxylation is 1. The van der Waals surface area contributed by atoms with E-state index in [0.29, 0.717) is 24.6 Å². The van der Waals surface area contributed by atoms with Crippen LogP contribution in [0.4, 0.5) is 0 Å². The summed E-state index contributed by atoms with van der Waals surface area (Å²) in [6, 6.07) is 0. The van der Waals surface area contributed by atoms with Gasteiger partial charge in [0.15, 0.2) is 0 Å². The van der Waals surface area contributed by atoms with E-state index in [1.54, 1.807) is 13.3 Å². The average molecular weight is 294 g/mol. The molecular formula is C15H26N4O2. The first-order valence-electron chi connectivity index (χ1n) is 7.63. The number of hydrogen-bond donors (Lipinski definition) is 1. The van der Waals surface area contributed by atoms with Gasteiger partial charge in [-0.3, -0.25) is 9.48 Å². The van der Waals surface area contributed by atoms with Gasteiger partial charge in [-0.1, -0.05) is 6.92 Å². The molecule has 6 heteroatoms. The van der Waals surface area contributed by atoms with E-state index in [9.17, 15) is 4.79 Å². The van der Waals surface area contributed by atoms with Crippen LogP contribution in [0.1, 0.15) is 35.8 Å². The maximum absolute atomic E-state index is 12.7. The van der Waals surface area contributed by atoms with Crippen molar-refractivity contribution in [3.8, 4) is 0 Å². The van der Waals surface area contributed by atoms with Crippen LogP contribution in [-0.4, -0.2) is 53.4 Å². The molecule has 1 aromatic heterocycles. The molecule has 0 spiro atoms. The lowest BCUT2D eigenvalue weighted by atomic mass is 9.95.